The third-order valence-corrected chi connectivity index (χ3v) is 7.62. The number of rotatable bonds is 5. The number of nitrogens with zero attached hydrogens (tertiary/aromatic N) is 3. The van der Waals surface area contributed by atoms with Crippen LogP contribution in [0.2, 0.25) is 0 Å². The Labute approximate surface area is 140 Å². The Morgan fingerprint density at radius 2 is 2.26 bits per heavy atom. The fourth-order valence-electron chi connectivity index (χ4n) is 4.00. The van der Waals surface area contributed by atoms with Crippen LogP contribution in [-0.4, -0.2) is 61.3 Å². The van der Waals surface area contributed by atoms with Crippen LogP contribution in [-0.2, 0) is 26.2 Å². The van der Waals surface area contributed by atoms with Gasteiger partial charge in [0.15, 0.2) is 0 Å². The molecule has 9 heteroatoms. The number of ether oxygens (including phenoxy) is 1. The number of esters is 1. The van der Waals surface area contributed by atoms with E-state index in [9.17, 15) is 13.2 Å². The SMILES string of the molecule is COC(=O)[C@@]1(Cc2cscn2)C[C@H]2CC[C@@H]1N2S(=O)(=O)N(C)C. The first-order valence-electron chi connectivity index (χ1n) is 7.49. The van der Waals surface area contributed by atoms with E-state index in [2.05, 4.69) is 4.98 Å². The van der Waals surface area contributed by atoms with Crippen molar-refractivity contribution in [3.63, 3.8) is 0 Å². The zero-order valence-corrected chi connectivity index (χ0v) is 15.1. The fraction of sp³-hybridized carbons (Fsp3) is 0.714. The summed E-state index contributed by atoms with van der Waals surface area (Å²) in [5, 5.41) is 1.90. The zero-order chi connectivity index (χ0) is 16.8. The average Bonchev–Trinajstić information content (AvgIpc) is 3.21. The Hall–Kier alpha value is -1.03. The number of hydrogen-bond acceptors (Lipinski definition) is 6. The van der Waals surface area contributed by atoms with E-state index in [1.807, 2.05) is 5.38 Å². The lowest BCUT2D eigenvalue weighted by Crippen LogP contribution is -2.49. The number of hydrogen-bond donors (Lipinski definition) is 0. The molecule has 2 bridgehead atoms. The number of carbonyl (C=O) groups excluding carboxylic acids is 1. The molecule has 0 aliphatic carbocycles. The molecule has 0 saturated carbocycles. The highest BCUT2D eigenvalue weighted by Crippen LogP contribution is 2.53. The lowest BCUT2D eigenvalue weighted by molar-refractivity contribution is -0.154. The predicted octanol–water partition coefficient (Wildman–Crippen LogP) is 0.888. The van der Waals surface area contributed by atoms with Gasteiger partial charge in [0.1, 0.15) is 0 Å². The number of aromatic nitrogens is 1. The second-order valence-electron chi connectivity index (χ2n) is 6.38. The minimum Gasteiger partial charge on any atom is -0.469 e. The first kappa shape index (κ1) is 16.8. The molecule has 0 unspecified atom stereocenters. The van der Waals surface area contributed by atoms with Gasteiger partial charge in [-0.25, -0.2) is 4.98 Å². The Kier molecular flexibility index (Phi) is 4.24. The van der Waals surface area contributed by atoms with Crippen molar-refractivity contribution in [1.29, 1.82) is 0 Å². The van der Waals surface area contributed by atoms with Crippen LogP contribution in [0.15, 0.2) is 10.9 Å². The topological polar surface area (TPSA) is 79.8 Å². The highest BCUT2D eigenvalue weighted by molar-refractivity contribution is 7.86. The van der Waals surface area contributed by atoms with Gasteiger partial charge in [0.05, 0.1) is 23.7 Å². The first-order chi connectivity index (χ1) is 10.8. The molecule has 128 valence electrons. The summed E-state index contributed by atoms with van der Waals surface area (Å²) < 4.78 is 33.2. The maximum Gasteiger partial charge on any atom is 0.313 e. The molecule has 1 aromatic rings. The zero-order valence-electron chi connectivity index (χ0n) is 13.4. The van der Waals surface area contributed by atoms with E-state index in [0.717, 1.165) is 12.1 Å². The highest BCUT2D eigenvalue weighted by atomic mass is 32.2. The summed E-state index contributed by atoms with van der Waals surface area (Å²) in [6, 6.07) is -0.515. The largest absolute Gasteiger partial charge is 0.469 e. The summed E-state index contributed by atoms with van der Waals surface area (Å²) >= 11 is 1.47. The molecular formula is C14H21N3O4S2. The van der Waals surface area contributed by atoms with Crippen LogP contribution < -0.4 is 0 Å². The van der Waals surface area contributed by atoms with Crippen molar-refractivity contribution in [1.82, 2.24) is 13.6 Å². The number of methoxy groups -OCH3 is 1. The molecule has 23 heavy (non-hydrogen) atoms. The van der Waals surface area contributed by atoms with E-state index in [1.165, 1.54) is 41.2 Å². The van der Waals surface area contributed by atoms with Gasteiger partial charge in [-0.3, -0.25) is 4.79 Å². The van der Waals surface area contributed by atoms with Crippen molar-refractivity contribution < 1.29 is 17.9 Å². The lowest BCUT2D eigenvalue weighted by Gasteiger charge is -2.34. The van der Waals surface area contributed by atoms with Crippen LogP contribution in [0.1, 0.15) is 25.0 Å². The molecule has 2 fully saturated rings. The Balaban J connectivity index is 2.01. The lowest BCUT2D eigenvalue weighted by atomic mass is 9.71. The molecule has 2 saturated heterocycles. The molecule has 7 nitrogen and oxygen atoms in total. The van der Waals surface area contributed by atoms with E-state index >= 15 is 0 Å². The molecule has 0 radical (unpaired) electrons. The monoisotopic (exact) mass is 359 g/mol. The summed E-state index contributed by atoms with van der Waals surface area (Å²) in [7, 11) is 0.842. The van der Waals surface area contributed by atoms with Gasteiger partial charge in [-0.1, -0.05) is 0 Å². The number of fused-ring (bicyclic) bond motifs is 2. The summed E-state index contributed by atoms with van der Waals surface area (Å²) in [4.78, 5) is 16.9. The van der Waals surface area contributed by atoms with Crippen LogP contribution in [0.3, 0.4) is 0 Å². The van der Waals surface area contributed by atoms with E-state index in [4.69, 9.17) is 4.74 Å². The molecule has 2 aliphatic rings. The second-order valence-corrected chi connectivity index (χ2v) is 9.14. The molecule has 1 aromatic heterocycles. The second kappa shape index (κ2) is 5.80. The molecule has 0 aromatic carbocycles. The Morgan fingerprint density at radius 1 is 1.52 bits per heavy atom. The molecule has 0 N–H and O–H groups in total. The van der Waals surface area contributed by atoms with Crippen LogP contribution in [0, 0.1) is 5.41 Å². The standard InChI is InChI=1S/C14H21N3O4S2/c1-16(2)23(19,20)17-11-4-5-12(17)14(7-11,13(18)21-3)6-10-8-22-9-15-10/h8-9,11-12H,4-7H2,1-3H3/t11-,12+,14+/m1/s1. The normalized spacial score (nSPS) is 31.0. The van der Waals surface area contributed by atoms with Crippen molar-refractivity contribution in [3.8, 4) is 0 Å². The number of carbonyl (C=O) groups is 1. The fourth-order valence-corrected chi connectivity index (χ4v) is 6.12. The third-order valence-electron chi connectivity index (χ3n) is 4.98. The molecule has 3 heterocycles. The van der Waals surface area contributed by atoms with Gasteiger partial charge in [0.2, 0.25) is 0 Å². The van der Waals surface area contributed by atoms with Crippen molar-refractivity contribution in [2.75, 3.05) is 21.2 Å². The van der Waals surface area contributed by atoms with Gasteiger partial charge in [-0.05, 0) is 19.3 Å². The quantitative estimate of drug-likeness (QED) is 0.730. The van der Waals surface area contributed by atoms with Crippen molar-refractivity contribution >= 4 is 27.5 Å². The molecule has 0 amide bonds. The Morgan fingerprint density at radius 3 is 2.83 bits per heavy atom. The van der Waals surface area contributed by atoms with Gasteiger partial charge in [0.25, 0.3) is 10.2 Å². The van der Waals surface area contributed by atoms with Crippen LogP contribution in [0.5, 0.6) is 0 Å². The highest BCUT2D eigenvalue weighted by Gasteiger charge is 2.64. The summed E-state index contributed by atoms with van der Waals surface area (Å²) in [5.74, 6) is -0.336. The van der Waals surface area contributed by atoms with Gasteiger partial charge in [0, 0.05) is 38.0 Å². The Bertz CT molecular complexity index is 689. The van der Waals surface area contributed by atoms with Crippen molar-refractivity contribution in [3.05, 3.63) is 16.6 Å². The van der Waals surface area contributed by atoms with Crippen molar-refractivity contribution in [2.24, 2.45) is 5.41 Å². The maximum absolute atomic E-state index is 12.7. The average molecular weight is 359 g/mol. The van der Waals surface area contributed by atoms with Gasteiger partial charge >= 0.3 is 5.97 Å². The predicted molar refractivity (Wildman–Crippen MR) is 86.1 cm³/mol. The van der Waals surface area contributed by atoms with E-state index < -0.39 is 15.6 Å². The summed E-state index contributed by atoms with van der Waals surface area (Å²) in [6.07, 6.45) is 2.38. The third kappa shape index (κ3) is 2.50. The van der Waals surface area contributed by atoms with Crippen LogP contribution >= 0.6 is 11.3 Å². The molecular weight excluding hydrogens is 338 g/mol. The van der Waals surface area contributed by atoms with E-state index in [1.54, 1.807) is 5.51 Å². The van der Waals surface area contributed by atoms with Gasteiger partial charge in [-0.15, -0.1) is 11.3 Å². The molecule has 3 atom stereocenters. The van der Waals surface area contributed by atoms with Crippen LogP contribution in [0.4, 0.5) is 0 Å². The smallest absolute Gasteiger partial charge is 0.313 e. The maximum atomic E-state index is 12.7. The van der Waals surface area contributed by atoms with E-state index in [0.29, 0.717) is 19.3 Å². The minimum absolute atomic E-state index is 0.148. The van der Waals surface area contributed by atoms with Gasteiger partial charge < -0.3 is 4.74 Å². The van der Waals surface area contributed by atoms with Crippen LogP contribution in [0.25, 0.3) is 0 Å². The molecule has 0 spiro atoms. The van der Waals surface area contributed by atoms with E-state index in [-0.39, 0.29) is 18.1 Å². The van der Waals surface area contributed by atoms with Crippen molar-refractivity contribution in [2.45, 2.75) is 37.8 Å². The molecule has 2 aliphatic heterocycles. The molecule has 3 rings (SSSR count). The van der Waals surface area contributed by atoms with Gasteiger partial charge in [-0.2, -0.15) is 17.0 Å². The summed E-state index contributed by atoms with van der Waals surface area (Å²) in [5.41, 5.74) is 1.70. The summed E-state index contributed by atoms with van der Waals surface area (Å²) in [6.45, 7) is 0. The first-order valence-corrected chi connectivity index (χ1v) is 9.83. The number of thiazole rings is 1. The minimum atomic E-state index is -3.56.